The summed E-state index contributed by atoms with van der Waals surface area (Å²) in [5, 5.41) is 10.5. The summed E-state index contributed by atoms with van der Waals surface area (Å²) in [4.78, 5) is 45.1. The number of carbonyl (C=O) groups is 2. The van der Waals surface area contributed by atoms with Crippen LogP contribution in [-0.4, -0.2) is 79.5 Å². The van der Waals surface area contributed by atoms with Gasteiger partial charge in [0.05, 0.1) is 46.5 Å². The Kier molecular flexibility index (Phi) is 9.33. The van der Waals surface area contributed by atoms with Gasteiger partial charge in [-0.05, 0) is 19.3 Å². The van der Waals surface area contributed by atoms with Gasteiger partial charge in [-0.1, -0.05) is 59.6 Å². The molecule has 8 rings (SSSR count). The van der Waals surface area contributed by atoms with Gasteiger partial charge in [0.1, 0.15) is 11.2 Å². The van der Waals surface area contributed by atoms with Crippen molar-refractivity contribution >= 4 is 46.2 Å². The van der Waals surface area contributed by atoms with E-state index in [2.05, 4.69) is 32.0 Å². The Morgan fingerprint density at radius 3 is 2.33 bits per heavy atom. The first-order valence-electron chi connectivity index (χ1n) is 17.5. The molecule has 2 aromatic carbocycles. The van der Waals surface area contributed by atoms with E-state index in [1.807, 2.05) is 48.0 Å². The summed E-state index contributed by atoms with van der Waals surface area (Å²) in [6.07, 6.45) is 9.41. The minimum absolute atomic E-state index is 0.0851. The van der Waals surface area contributed by atoms with Crippen LogP contribution in [-0.2, 0) is 29.7 Å². The van der Waals surface area contributed by atoms with E-state index in [4.69, 9.17) is 42.9 Å². The lowest BCUT2D eigenvalue weighted by Gasteiger charge is -2.23. The van der Waals surface area contributed by atoms with E-state index in [9.17, 15) is 9.59 Å². The molecule has 0 bridgehead atoms. The molecular formula is C38H39Cl2N9O3. The van der Waals surface area contributed by atoms with Crippen LogP contribution in [0.4, 0.5) is 0 Å². The second kappa shape index (κ2) is 14.1. The van der Waals surface area contributed by atoms with E-state index in [0.29, 0.717) is 64.5 Å². The minimum atomic E-state index is -0.0927. The van der Waals surface area contributed by atoms with Gasteiger partial charge in [-0.25, -0.2) is 9.97 Å². The number of aromatic nitrogens is 5. The lowest BCUT2D eigenvalue weighted by molar-refractivity contribution is -0.120. The molecule has 3 N–H and O–H groups in total. The van der Waals surface area contributed by atoms with Crippen molar-refractivity contribution in [1.82, 2.24) is 45.4 Å². The van der Waals surface area contributed by atoms with Gasteiger partial charge in [-0.15, -0.1) is 0 Å². The number of amides is 2. The van der Waals surface area contributed by atoms with Crippen molar-refractivity contribution in [3.63, 3.8) is 0 Å². The Balaban J connectivity index is 1.03. The number of aryl methyl sites for hydroxylation is 1. The molecule has 3 aliphatic heterocycles. The normalized spacial score (nSPS) is 20.3. The molecule has 1 unspecified atom stereocenters. The summed E-state index contributed by atoms with van der Waals surface area (Å²) < 4.78 is 7.61. The summed E-state index contributed by atoms with van der Waals surface area (Å²) in [5.74, 6) is 0.634. The minimum Gasteiger partial charge on any atom is -0.480 e. The van der Waals surface area contributed by atoms with Crippen LogP contribution in [0.25, 0.3) is 44.8 Å². The molecular weight excluding hydrogens is 701 g/mol. The van der Waals surface area contributed by atoms with Gasteiger partial charge >= 0.3 is 0 Å². The van der Waals surface area contributed by atoms with E-state index in [-0.39, 0.29) is 23.4 Å². The molecule has 268 valence electrons. The predicted octanol–water partition coefficient (Wildman–Crippen LogP) is 5.30. The van der Waals surface area contributed by atoms with Crippen molar-refractivity contribution in [2.45, 2.75) is 56.8 Å². The third kappa shape index (κ3) is 6.60. The summed E-state index contributed by atoms with van der Waals surface area (Å²) in [6, 6.07) is 11.7. The zero-order chi connectivity index (χ0) is 36.0. The van der Waals surface area contributed by atoms with Crippen LogP contribution in [0.15, 0.2) is 55.0 Å². The molecule has 0 radical (unpaired) electrons. The predicted molar refractivity (Wildman–Crippen MR) is 200 cm³/mol. The molecule has 2 atom stereocenters. The number of fused-ring (bicyclic) bond motifs is 1. The van der Waals surface area contributed by atoms with Crippen molar-refractivity contribution < 1.29 is 14.3 Å². The van der Waals surface area contributed by atoms with Crippen LogP contribution in [0.1, 0.15) is 43.4 Å². The number of rotatable bonds is 10. The van der Waals surface area contributed by atoms with Crippen molar-refractivity contribution in [3.05, 3.63) is 76.3 Å². The Bertz CT molecular complexity index is 2210. The van der Waals surface area contributed by atoms with E-state index in [0.717, 1.165) is 72.3 Å². The molecule has 0 saturated carbocycles. The number of nitrogens with one attached hydrogen (secondary N) is 3. The molecule has 2 amide bonds. The maximum atomic E-state index is 11.9. The van der Waals surface area contributed by atoms with Gasteiger partial charge in [0.2, 0.25) is 17.7 Å². The third-order valence-corrected chi connectivity index (χ3v) is 11.2. The standard InChI is InChI=1S/C38H39Cl2N9O3/c1-48-19-22(20-49-14-13-38(21-49)12-11-32(51)47-38)35-36(48)45-28(18-43-35)26-7-3-5-24(33(26)39)25-6-4-8-27(34(25)40)29-17-42-30(37(46-29)52-2)16-41-15-23-9-10-31(50)44-23/h3-8,17-19,23,41H,9-16,20-21H2,1-2H3,(H,44,50)(H,47,51)/t23-,38?/m1/s1. The van der Waals surface area contributed by atoms with Gasteiger partial charge in [0.15, 0.2) is 5.65 Å². The van der Waals surface area contributed by atoms with Crippen molar-refractivity contribution in [2.24, 2.45) is 7.05 Å². The molecule has 6 heterocycles. The Morgan fingerprint density at radius 2 is 1.65 bits per heavy atom. The molecule has 3 aromatic heterocycles. The number of ether oxygens (including phenoxy) is 1. The second-order valence-electron chi connectivity index (χ2n) is 14.0. The van der Waals surface area contributed by atoms with Gasteiger partial charge in [0.25, 0.3) is 0 Å². The zero-order valence-electron chi connectivity index (χ0n) is 29.0. The summed E-state index contributed by atoms with van der Waals surface area (Å²) in [7, 11) is 3.54. The molecule has 5 aromatic rings. The monoisotopic (exact) mass is 739 g/mol. The highest BCUT2D eigenvalue weighted by Crippen LogP contribution is 2.42. The van der Waals surface area contributed by atoms with Crippen LogP contribution < -0.4 is 20.7 Å². The van der Waals surface area contributed by atoms with Crippen molar-refractivity contribution in [1.29, 1.82) is 0 Å². The number of carbonyl (C=O) groups excluding carboxylic acids is 2. The molecule has 3 fully saturated rings. The Morgan fingerprint density at radius 1 is 0.942 bits per heavy atom. The average molecular weight is 741 g/mol. The lowest BCUT2D eigenvalue weighted by atomic mass is 9.97. The number of benzene rings is 2. The molecule has 3 saturated heterocycles. The highest BCUT2D eigenvalue weighted by atomic mass is 35.5. The molecule has 1 spiro atoms. The maximum Gasteiger partial charge on any atom is 0.237 e. The summed E-state index contributed by atoms with van der Waals surface area (Å²) >= 11 is 14.3. The fourth-order valence-electron chi connectivity index (χ4n) is 7.75. The number of nitrogens with zero attached hydrogens (tertiary/aromatic N) is 6. The topological polar surface area (TPSA) is 139 Å². The fraction of sp³-hybridized carbons (Fsp3) is 0.368. The molecule has 12 nitrogen and oxygen atoms in total. The first-order chi connectivity index (χ1) is 25.2. The number of hydrogen-bond donors (Lipinski definition) is 3. The largest absolute Gasteiger partial charge is 0.480 e. The first-order valence-corrected chi connectivity index (χ1v) is 18.3. The lowest BCUT2D eigenvalue weighted by Crippen LogP contribution is -2.43. The van der Waals surface area contributed by atoms with Crippen LogP contribution in [0.2, 0.25) is 10.0 Å². The first kappa shape index (κ1) is 34.5. The Labute approximate surface area is 311 Å². The van der Waals surface area contributed by atoms with Gasteiger partial charge in [-0.3, -0.25) is 24.5 Å². The van der Waals surface area contributed by atoms with Crippen molar-refractivity contribution in [3.8, 4) is 39.5 Å². The number of halogens is 2. The summed E-state index contributed by atoms with van der Waals surface area (Å²) in [6.45, 7) is 3.60. The molecule has 3 aliphatic rings. The van der Waals surface area contributed by atoms with E-state index < -0.39 is 0 Å². The Hall–Kier alpha value is -4.62. The van der Waals surface area contributed by atoms with E-state index >= 15 is 0 Å². The van der Waals surface area contributed by atoms with Crippen LogP contribution in [0.5, 0.6) is 5.88 Å². The van der Waals surface area contributed by atoms with E-state index in [1.54, 1.807) is 19.5 Å². The quantitative estimate of drug-likeness (QED) is 0.174. The van der Waals surface area contributed by atoms with Gasteiger partial charge in [-0.2, -0.15) is 0 Å². The molecule has 0 aliphatic carbocycles. The van der Waals surface area contributed by atoms with Crippen LogP contribution >= 0.6 is 23.2 Å². The zero-order valence-corrected chi connectivity index (χ0v) is 30.5. The smallest absolute Gasteiger partial charge is 0.237 e. The highest BCUT2D eigenvalue weighted by Gasteiger charge is 2.43. The molecule has 52 heavy (non-hydrogen) atoms. The van der Waals surface area contributed by atoms with Gasteiger partial charge in [0, 0.05) is 92.7 Å². The van der Waals surface area contributed by atoms with Gasteiger partial charge < -0.3 is 25.3 Å². The van der Waals surface area contributed by atoms with Crippen LogP contribution in [0.3, 0.4) is 0 Å². The maximum absolute atomic E-state index is 11.9. The third-order valence-electron chi connectivity index (χ3n) is 10.4. The number of likely N-dealkylation sites (tertiary alicyclic amines) is 1. The second-order valence-corrected chi connectivity index (χ2v) is 14.7. The fourth-order valence-corrected chi connectivity index (χ4v) is 8.40. The SMILES string of the molecule is COc1nc(-c2cccc(-c3cccc(-c4cnc5c(CN6CCC7(CCC(=O)N7)C6)cn(C)c5n4)c3Cl)c2Cl)cnc1CNC[C@H]1CCC(=O)N1. The number of methoxy groups -OCH3 is 1. The summed E-state index contributed by atoms with van der Waals surface area (Å²) in [5.41, 5.74) is 7.44. The molecule has 14 heteroatoms. The number of hydrogen-bond acceptors (Lipinski definition) is 9. The van der Waals surface area contributed by atoms with Crippen LogP contribution in [0, 0.1) is 0 Å². The average Bonchev–Trinajstić information content (AvgIpc) is 3.92. The van der Waals surface area contributed by atoms with Crippen molar-refractivity contribution in [2.75, 3.05) is 26.7 Å². The highest BCUT2D eigenvalue weighted by molar-refractivity contribution is 6.39. The van der Waals surface area contributed by atoms with E-state index in [1.165, 1.54) is 0 Å².